The van der Waals surface area contributed by atoms with Gasteiger partial charge in [-0.15, -0.1) is 0 Å². The van der Waals surface area contributed by atoms with Crippen LogP contribution in [0.5, 0.6) is 5.75 Å². The summed E-state index contributed by atoms with van der Waals surface area (Å²) in [6.45, 7) is 0. The normalized spacial score (nSPS) is 9.85. The molecule has 0 saturated carbocycles. The first-order chi connectivity index (χ1) is 6.34. The first kappa shape index (κ1) is 10.1. The van der Waals surface area contributed by atoms with Crippen molar-refractivity contribution >= 4 is 18.0 Å². The van der Waals surface area contributed by atoms with E-state index in [9.17, 15) is 9.90 Å². The highest BCUT2D eigenvalue weighted by Gasteiger charge is 1.98. The van der Waals surface area contributed by atoms with E-state index >= 15 is 0 Å². The molecule has 70 valence electrons. The third-order valence-electron chi connectivity index (χ3n) is 1.69. The molecule has 0 heterocycles. The summed E-state index contributed by atoms with van der Waals surface area (Å²) in [6, 6.07) is 7.29. The van der Waals surface area contributed by atoms with Gasteiger partial charge < -0.3 is 9.90 Å². The highest BCUT2D eigenvalue weighted by atomic mass is 32.2. The minimum atomic E-state index is 0.342. The Hall–Kier alpha value is -0.960. The van der Waals surface area contributed by atoms with Crippen LogP contribution in [-0.2, 0) is 11.2 Å². The van der Waals surface area contributed by atoms with E-state index in [2.05, 4.69) is 0 Å². The fourth-order valence-electron chi connectivity index (χ4n) is 1.04. The number of rotatable bonds is 5. The van der Waals surface area contributed by atoms with Gasteiger partial charge in [-0.25, -0.2) is 0 Å². The number of thioether (sulfide) groups is 1. The quantitative estimate of drug-likeness (QED) is 0.577. The SMILES string of the molecule is O=CCSCCc1ccccc1O. The second kappa shape index (κ2) is 5.65. The fraction of sp³-hybridized carbons (Fsp3) is 0.300. The van der Waals surface area contributed by atoms with Crippen LogP contribution in [0.15, 0.2) is 24.3 Å². The molecule has 0 atom stereocenters. The molecule has 0 spiro atoms. The molecule has 0 aliphatic rings. The summed E-state index contributed by atoms with van der Waals surface area (Å²) in [5.41, 5.74) is 0.945. The van der Waals surface area contributed by atoms with Gasteiger partial charge in [0.15, 0.2) is 0 Å². The summed E-state index contributed by atoms with van der Waals surface area (Å²) in [7, 11) is 0. The molecule has 0 saturated heterocycles. The molecule has 1 aromatic rings. The molecule has 0 aliphatic carbocycles. The van der Waals surface area contributed by atoms with Gasteiger partial charge in [0, 0.05) is 5.75 Å². The summed E-state index contributed by atoms with van der Waals surface area (Å²) >= 11 is 1.58. The number of aldehydes is 1. The average molecular weight is 196 g/mol. The topological polar surface area (TPSA) is 37.3 Å². The molecule has 2 nitrogen and oxygen atoms in total. The highest BCUT2D eigenvalue weighted by molar-refractivity contribution is 7.99. The Kier molecular flexibility index (Phi) is 4.40. The number of hydrogen-bond donors (Lipinski definition) is 1. The number of aryl methyl sites for hydroxylation is 1. The molecule has 0 bridgehead atoms. The number of para-hydroxylation sites is 1. The van der Waals surface area contributed by atoms with Gasteiger partial charge in [0.05, 0.1) is 0 Å². The Morgan fingerprint density at radius 3 is 2.85 bits per heavy atom. The average Bonchev–Trinajstić information content (AvgIpc) is 2.15. The van der Waals surface area contributed by atoms with E-state index in [0.717, 1.165) is 24.0 Å². The zero-order valence-corrected chi connectivity index (χ0v) is 8.09. The number of hydrogen-bond acceptors (Lipinski definition) is 3. The lowest BCUT2D eigenvalue weighted by Crippen LogP contribution is -1.90. The van der Waals surface area contributed by atoms with E-state index in [1.165, 1.54) is 0 Å². The molecule has 0 unspecified atom stereocenters. The summed E-state index contributed by atoms with van der Waals surface area (Å²) in [5.74, 6) is 1.75. The Balaban J connectivity index is 2.36. The predicted octanol–water partition coefficient (Wildman–Crippen LogP) is 1.87. The van der Waals surface area contributed by atoms with Crippen LogP contribution in [-0.4, -0.2) is 22.9 Å². The summed E-state index contributed by atoms with van der Waals surface area (Å²) in [4.78, 5) is 10.0. The zero-order valence-electron chi connectivity index (χ0n) is 7.27. The van der Waals surface area contributed by atoms with E-state index in [4.69, 9.17) is 0 Å². The molecule has 0 radical (unpaired) electrons. The van der Waals surface area contributed by atoms with Gasteiger partial charge in [-0.3, -0.25) is 0 Å². The Morgan fingerprint density at radius 2 is 2.15 bits per heavy atom. The standard InChI is InChI=1S/C10H12O2S/c11-6-8-13-7-5-9-3-1-2-4-10(9)12/h1-4,6,12H,5,7-8H2. The molecule has 0 amide bonds. The van der Waals surface area contributed by atoms with Crippen molar-refractivity contribution in [1.29, 1.82) is 0 Å². The smallest absolute Gasteiger partial charge is 0.129 e. The summed E-state index contributed by atoms with van der Waals surface area (Å²) in [5, 5.41) is 9.39. The predicted molar refractivity (Wildman–Crippen MR) is 55.2 cm³/mol. The lowest BCUT2D eigenvalue weighted by molar-refractivity contribution is -0.105. The molecular formula is C10H12O2S. The second-order valence-electron chi connectivity index (χ2n) is 2.62. The largest absolute Gasteiger partial charge is 0.508 e. The summed E-state index contributed by atoms with van der Waals surface area (Å²) < 4.78 is 0. The number of phenols is 1. The number of aromatic hydroxyl groups is 1. The van der Waals surface area contributed by atoms with Crippen LogP contribution < -0.4 is 0 Å². The fourth-order valence-corrected chi connectivity index (χ4v) is 1.66. The number of carbonyl (C=O) groups is 1. The van der Waals surface area contributed by atoms with Gasteiger partial charge in [0.1, 0.15) is 12.0 Å². The molecule has 0 aliphatic heterocycles. The van der Waals surface area contributed by atoms with Crippen molar-refractivity contribution in [2.75, 3.05) is 11.5 Å². The number of phenolic OH excluding ortho intramolecular Hbond substituents is 1. The van der Waals surface area contributed by atoms with Crippen molar-refractivity contribution < 1.29 is 9.90 Å². The molecule has 13 heavy (non-hydrogen) atoms. The van der Waals surface area contributed by atoms with Crippen LogP contribution >= 0.6 is 11.8 Å². The lowest BCUT2D eigenvalue weighted by Gasteiger charge is -2.02. The van der Waals surface area contributed by atoms with E-state index < -0.39 is 0 Å². The molecule has 0 fully saturated rings. The second-order valence-corrected chi connectivity index (χ2v) is 3.77. The molecule has 0 aromatic heterocycles. The van der Waals surface area contributed by atoms with Crippen molar-refractivity contribution in [1.82, 2.24) is 0 Å². The van der Waals surface area contributed by atoms with Crippen LogP contribution in [0.1, 0.15) is 5.56 Å². The highest BCUT2D eigenvalue weighted by Crippen LogP contribution is 2.17. The third kappa shape index (κ3) is 3.51. The number of benzene rings is 1. The molecule has 1 rings (SSSR count). The molecular weight excluding hydrogens is 184 g/mol. The van der Waals surface area contributed by atoms with Crippen molar-refractivity contribution in [2.24, 2.45) is 0 Å². The lowest BCUT2D eigenvalue weighted by atomic mass is 10.1. The van der Waals surface area contributed by atoms with Crippen molar-refractivity contribution in [2.45, 2.75) is 6.42 Å². The van der Waals surface area contributed by atoms with Crippen molar-refractivity contribution in [3.63, 3.8) is 0 Å². The van der Waals surface area contributed by atoms with E-state index in [-0.39, 0.29) is 0 Å². The Morgan fingerprint density at radius 1 is 1.38 bits per heavy atom. The number of carbonyl (C=O) groups excluding carboxylic acids is 1. The maximum atomic E-state index is 10.0. The van der Waals surface area contributed by atoms with E-state index in [1.807, 2.05) is 12.1 Å². The molecule has 1 aromatic carbocycles. The summed E-state index contributed by atoms with van der Waals surface area (Å²) in [6.07, 6.45) is 1.71. The van der Waals surface area contributed by atoms with Gasteiger partial charge >= 0.3 is 0 Å². The van der Waals surface area contributed by atoms with Crippen molar-refractivity contribution in [3.8, 4) is 5.75 Å². The first-order valence-electron chi connectivity index (χ1n) is 4.13. The Labute approximate surface area is 82.0 Å². The van der Waals surface area contributed by atoms with Gasteiger partial charge in [-0.05, 0) is 23.8 Å². The van der Waals surface area contributed by atoms with Crippen LogP contribution in [0.2, 0.25) is 0 Å². The minimum absolute atomic E-state index is 0.342. The van der Waals surface area contributed by atoms with Crippen LogP contribution in [0.4, 0.5) is 0 Å². The van der Waals surface area contributed by atoms with Crippen LogP contribution in [0.25, 0.3) is 0 Å². The zero-order chi connectivity index (χ0) is 9.52. The molecule has 3 heteroatoms. The van der Waals surface area contributed by atoms with Crippen LogP contribution in [0.3, 0.4) is 0 Å². The van der Waals surface area contributed by atoms with E-state index in [0.29, 0.717) is 11.5 Å². The third-order valence-corrected chi connectivity index (χ3v) is 2.56. The van der Waals surface area contributed by atoms with Gasteiger partial charge in [-0.1, -0.05) is 18.2 Å². The minimum Gasteiger partial charge on any atom is -0.508 e. The maximum absolute atomic E-state index is 10.0. The Bertz CT molecular complexity index is 273. The molecule has 1 N–H and O–H groups in total. The monoisotopic (exact) mass is 196 g/mol. The van der Waals surface area contributed by atoms with Gasteiger partial charge in [-0.2, -0.15) is 11.8 Å². The van der Waals surface area contributed by atoms with Crippen molar-refractivity contribution in [3.05, 3.63) is 29.8 Å². The van der Waals surface area contributed by atoms with Gasteiger partial charge in [0.2, 0.25) is 0 Å². The van der Waals surface area contributed by atoms with Gasteiger partial charge in [0.25, 0.3) is 0 Å². The van der Waals surface area contributed by atoms with E-state index in [1.54, 1.807) is 23.9 Å². The van der Waals surface area contributed by atoms with Crippen LogP contribution in [0, 0.1) is 0 Å². The first-order valence-corrected chi connectivity index (χ1v) is 5.28. The maximum Gasteiger partial charge on any atom is 0.129 e.